The van der Waals surface area contributed by atoms with Crippen molar-refractivity contribution in [1.29, 1.82) is 0 Å². The van der Waals surface area contributed by atoms with Gasteiger partial charge in [0.05, 0.1) is 5.92 Å². The maximum Gasteiger partial charge on any atom is 0.307 e. The van der Waals surface area contributed by atoms with Crippen LogP contribution in [0.1, 0.15) is 20.3 Å². The van der Waals surface area contributed by atoms with Crippen molar-refractivity contribution in [2.75, 3.05) is 0 Å². The minimum absolute atomic E-state index is 0.336. The summed E-state index contributed by atoms with van der Waals surface area (Å²) in [5, 5.41) is 8.34. The van der Waals surface area contributed by atoms with E-state index in [-0.39, 0.29) is 5.92 Å². The fourth-order valence-electron chi connectivity index (χ4n) is 0.342. The van der Waals surface area contributed by atoms with Gasteiger partial charge in [-0.2, -0.15) is 0 Å². The lowest BCUT2D eigenvalue weighted by molar-refractivity contribution is -0.140. The Bertz CT molecular complexity index is 150. The van der Waals surface area contributed by atoms with Crippen molar-refractivity contribution < 1.29 is 9.90 Å². The van der Waals surface area contributed by atoms with E-state index in [1.54, 1.807) is 13.8 Å². The van der Waals surface area contributed by atoms with Crippen molar-refractivity contribution in [3.05, 3.63) is 0 Å². The summed E-state index contributed by atoms with van der Waals surface area (Å²) in [4.78, 5) is 10.1. The first-order valence-electron chi connectivity index (χ1n) is 2.81. The van der Waals surface area contributed by atoms with Gasteiger partial charge in [0.25, 0.3) is 0 Å². The van der Waals surface area contributed by atoms with Crippen LogP contribution >= 0.6 is 0 Å². The molecule has 1 unspecified atom stereocenters. The second-order valence-corrected chi connectivity index (χ2v) is 1.87. The molecule has 0 saturated heterocycles. The van der Waals surface area contributed by atoms with Gasteiger partial charge in [-0.25, -0.2) is 0 Å². The van der Waals surface area contributed by atoms with E-state index in [4.69, 9.17) is 5.11 Å². The van der Waals surface area contributed by atoms with Crippen LogP contribution in [0.5, 0.6) is 0 Å². The van der Waals surface area contributed by atoms with Crippen LogP contribution in [0.15, 0.2) is 0 Å². The molecule has 0 amide bonds. The molecule has 1 N–H and O–H groups in total. The molecule has 0 aliphatic rings. The van der Waals surface area contributed by atoms with Crippen LogP contribution in [-0.2, 0) is 4.79 Å². The van der Waals surface area contributed by atoms with Crippen LogP contribution < -0.4 is 0 Å². The predicted octanol–water partition coefficient (Wildman–Crippen LogP) is 1.12. The normalized spacial score (nSPS) is 11.3. The van der Waals surface area contributed by atoms with Gasteiger partial charge in [-0.1, -0.05) is 6.92 Å². The minimum atomic E-state index is -0.780. The van der Waals surface area contributed by atoms with Crippen molar-refractivity contribution in [3.63, 3.8) is 0 Å². The van der Waals surface area contributed by atoms with Crippen molar-refractivity contribution in [1.82, 2.24) is 0 Å². The first-order valence-corrected chi connectivity index (χ1v) is 2.81. The lowest BCUT2D eigenvalue weighted by Gasteiger charge is -1.96. The van der Waals surface area contributed by atoms with Gasteiger partial charge in [0.15, 0.2) is 0 Å². The van der Waals surface area contributed by atoms with Crippen LogP contribution in [0.3, 0.4) is 0 Å². The molecule has 0 aromatic heterocycles. The number of carboxylic acid groups (broad SMARTS) is 1. The third-order valence-corrected chi connectivity index (χ3v) is 1.01. The highest BCUT2D eigenvalue weighted by Crippen LogP contribution is 1.98. The topological polar surface area (TPSA) is 37.3 Å². The van der Waals surface area contributed by atoms with Gasteiger partial charge in [0, 0.05) is 6.42 Å². The smallest absolute Gasteiger partial charge is 0.307 e. The second kappa shape index (κ2) is 3.96. The summed E-state index contributed by atoms with van der Waals surface area (Å²) >= 11 is 0. The monoisotopic (exact) mass is 126 g/mol. The first kappa shape index (κ1) is 8.03. The lowest BCUT2D eigenvalue weighted by Crippen LogP contribution is -2.07. The molecule has 0 rings (SSSR count). The highest BCUT2D eigenvalue weighted by molar-refractivity contribution is 5.69. The highest BCUT2D eigenvalue weighted by atomic mass is 16.4. The quantitative estimate of drug-likeness (QED) is 0.563. The zero-order chi connectivity index (χ0) is 7.28. The predicted molar refractivity (Wildman–Crippen MR) is 34.9 cm³/mol. The van der Waals surface area contributed by atoms with E-state index in [2.05, 4.69) is 11.8 Å². The Balaban J connectivity index is 3.59. The Labute approximate surface area is 54.9 Å². The van der Waals surface area contributed by atoms with Gasteiger partial charge in [-0.3, -0.25) is 4.79 Å². The molecular formula is C7H10O2. The molecule has 0 aliphatic carbocycles. The van der Waals surface area contributed by atoms with Crippen molar-refractivity contribution in [2.24, 2.45) is 5.92 Å². The SMILES string of the molecule is CC#CCC(C)[12C](=O)O. The Morgan fingerprint density at radius 2 is 2.33 bits per heavy atom. The zero-order valence-corrected chi connectivity index (χ0v) is 5.64. The molecule has 0 spiro atoms. The Morgan fingerprint density at radius 1 is 1.78 bits per heavy atom. The summed E-state index contributed by atoms with van der Waals surface area (Å²) in [6.45, 7) is 3.35. The number of rotatable bonds is 2. The summed E-state index contributed by atoms with van der Waals surface area (Å²) in [5.74, 6) is 4.22. The van der Waals surface area contributed by atoms with Crippen LogP contribution in [0, 0.1) is 17.8 Å². The van der Waals surface area contributed by atoms with Crippen LogP contribution in [0.4, 0.5) is 0 Å². The third kappa shape index (κ3) is 3.60. The van der Waals surface area contributed by atoms with E-state index in [0.29, 0.717) is 6.42 Å². The molecule has 0 aliphatic heterocycles. The van der Waals surface area contributed by atoms with Crippen LogP contribution in [-0.4, -0.2) is 11.1 Å². The molecule has 0 heterocycles. The fraction of sp³-hybridized carbons (Fsp3) is 0.571. The zero-order valence-electron chi connectivity index (χ0n) is 5.64. The van der Waals surface area contributed by atoms with Crippen LogP contribution in [0.2, 0.25) is 0 Å². The highest BCUT2D eigenvalue weighted by Gasteiger charge is 2.07. The summed E-state index contributed by atoms with van der Waals surface area (Å²) in [6.07, 6.45) is 0.450. The van der Waals surface area contributed by atoms with Crippen molar-refractivity contribution in [3.8, 4) is 11.8 Å². The van der Waals surface area contributed by atoms with Gasteiger partial charge in [-0.15, -0.1) is 11.8 Å². The molecule has 0 bridgehead atoms. The van der Waals surface area contributed by atoms with E-state index in [9.17, 15) is 4.79 Å². The van der Waals surface area contributed by atoms with Gasteiger partial charge in [0.2, 0.25) is 0 Å². The van der Waals surface area contributed by atoms with E-state index < -0.39 is 5.97 Å². The molecule has 2 nitrogen and oxygen atoms in total. The molecule has 0 saturated carbocycles. The number of carboxylic acids is 1. The Hall–Kier alpha value is -0.970. The molecule has 0 fully saturated rings. The third-order valence-electron chi connectivity index (χ3n) is 1.01. The lowest BCUT2D eigenvalue weighted by atomic mass is 10.1. The Kier molecular flexibility index (Phi) is 3.54. The summed E-state index contributed by atoms with van der Waals surface area (Å²) in [7, 11) is 0. The maximum atomic E-state index is 10.1. The summed E-state index contributed by atoms with van der Waals surface area (Å²) in [6, 6.07) is 0. The van der Waals surface area contributed by atoms with E-state index in [1.807, 2.05) is 0 Å². The average Bonchev–Trinajstić information content (AvgIpc) is 1.82. The number of hydrogen-bond acceptors (Lipinski definition) is 1. The average molecular weight is 126 g/mol. The summed E-state index contributed by atoms with van der Waals surface area (Å²) < 4.78 is 0. The van der Waals surface area contributed by atoms with E-state index in [0.717, 1.165) is 0 Å². The first-order chi connectivity index (χ1) is 4.18. The molecule has 50 valence electrons. The van der Waals surface area contributed by atoms with Gasteiger partial charge >= 0.3 is 5.97 Å². The number of hydrogen-bond donors (Lipinski definition) is 1. The van der Waals surface area contributed by atoms with Gasteiger partial charge in [-0.05, 0) is 6.92 Å². The molecular weight excluding hydrogens is 116 g/mol. The molecule has 0 aromatic carbocycles. The van der Waals surface area contributed by atoms with Gasteiger partial charge in [0.1, 0.15) is 0 Å². The number of carbonyl (C=O) groups is 1. The summed E-state index contributed by atoms with van der Waals surface area (Å²) in [5.41, 5.74) is 0. The molecule has 9 heavy (non-hydrogen) atoms. The van der Waals surface area contributed by atoms with Crippen molar-refractivity contribution >= 4 is 5.97 Å². The largest absolute Gasteiger partial charge is 0.481 e. The number of aliphatic carboxylic acids is 1. The van der Waals surface area contributed by atoms with E-state index in [1.165, 1.54) is 0 Å². The molecule has 0 aromatic rings. The molecule has 0 radical (unpaired) electrons. The maximum absolute atomic E-state index is 10.1. The van der Waals surface area contributed by atoms with E-state index >= 15 is 0 Å². The van der Waals surface area contributed by atoms with Crippen LogP contribution in [0.25, 0.3) is 0 Å². The molecule has 2 heteroatoms. The van der Waals surface area contributed by atoms with Gasteiger partial charge < -0.3 is 5.11 Å². The second-order valence-electron chi connectivity index (χ2n) is 1.87. The Morgan fingerprint density at radius 3 is 2.67 bits per heavy atom. The molecule has 1 atom stereocenters. The standard InChI is InChI=1S/C7H10O2/c1-3-4-5-6(2)7(8)9/h6H,5H2,1-2H3,(H,8,9)/i7+0. The minimum Gasteiger partial charge on any atom is -0.481 e. The fourth-order valence-corrected chi connectivity index (χ4v) is 0.342. The van der Waals surface area contributed by atoms with Crippen molar-refractivity contribution in [2.45, 2.75) is 20.3 Å².